The van der Waals surface area contributed by atoms with Gasteiger partial charge in [0.1, 0.15) is 5.75 Å². The second-order valence-electron chi connectivity index (χ2n) is 9.18. The van der Waals surface area contributed by atoms with E-state index in [1.54, 1.807) is 19.2 Å². The average molecular weight is 436 g/mol. The molecule has 4 rings (SSSR count). The van der Waals surface area contributed by atoms with E-state index in [4.69, 9.17) is 4.74 Å². The molecule has 5 heteroatoms. The third kappa shape index (κ3) is 6.04. The van der Waals surface area contributed by atoms with E-state index in [0.717, 1.165) is 36.0 Å². The summed E-state index contributed by atoms with van der Waals surface area (Å²) < 4.78 is 5.18. The molecule has 2 aromatic rings. The molecule has 0 radical (unpaired) electrons. The Morgan fingerprint density at radius 2 is 1.47 bits per heavy atom. The van der Waals surface area contributed by atoms with Gasteiger partial charge in [-0.3, -0.25) is 4.79 Å². The number of methoxy groups -OCH3 is 1. The predicted octanol–water partition coefficient (Wildman–Crippen LogP) is 5.94. The lowest BCUT2D eigenvalue weighted by atomic mass is 9.93. The third-order valence-electron chi connectivity index (χ3n) is 7.01. The topological polar surface area (TPSA) is 53.6 Å². The van der Waals surface area contributed by atoms with Crippen LogP contribution < -0.4 is 15.4 Å². The highest BCUT2D eigenvalue weighted by atomic mass is 16.5. The first-order valence-electron chi connectivity index (χ1n) is 12.3. The number of para-hydroxylation sites is 2. The van der Waals surface area contributed by atoms with Crippen molar-refractivity contribution in [2.24, 2.45) is 0 Å². The van der Waals surface area contributed by atoms with E-state index in [9.17, 15) is 4.79 Å². The SMILES string of the molecule is COc1ccc(C(=O)Nc2ccccc2NC2CCN(C3CCCCCCC3)CC2)cc1. The lowest BCUT2D eigenvalue weighted by Crippen LogP contribution is -2.44. The van der Waals surface area contributed by atoms with Gasteiger partial charge in [-0.05, 0) is 62.1 Å². The number of amides is 1. The fourth-order valence-corrected chi connectivity index (χ4v) is 5.08. The molecule has 0 bridgehead atoms. The van der Waals surface area contributed by atoms with Crippen molar-refractivity contribution in [2.45, 2.75) is 69.9 Å². The van der Waals surface area contributed by atoms with Crippen LogP contribution in [-0.2, 0) is 0 Å². The fourth-order valence-electron chi connectivity index (χ4n) is 5.08. The molecule has 172 valence electrons. The van der Waals surface area contributed by atoms with Gasteiger partial charge in [0, 0.05) is 30.7 Å². The van der Waals surface area contributed by atoms with Gasteiger partial charge < -0.3 is 20.3 Å². The maximum Gasteiger partial charge on any atom is 0.255 e. The number of likely N-dealkylation sites (tertiary alicyclic amines) is 1. The second kappa shape index (κ2) is 11.4. The van der Waals surface area contributed by atoms with E-state index in [1.807, 2.05) is 30.3 Å². The molecular weight excluding hydrogens is 398 g/mol. The molecule has 1 amide bonds. The molecule has 1 aliphatic carbocycles. The van der Waals surface area contributed by atoms with Gasteiger partial charge in [0.25, 0.3) is 5.91 Å². The summed E-state index contributed by atoms with van der Waals surface area (Å²) in [7, 11) is 1.62. The molecular formula is C27H37N3O2. The highest BCUT2D eigenvalue weighted by Crippen LogP contribution is 2.28. The highest BCUT2D eigenvalue weighted by Gasteiger charge is 2.25. The Morgan fingerprint density at radius 3 is 2.12 bits per heavy atom. The summed E-state index contributed by atoms with van der Waals surface area (Å²) >= 11 is 0. The molecule has 0 aromatic heterocycles. The van der Waals surface area contributed by atoms with Crippen LogP contribution >= 0.6 is 0 Å². The third-order valence-corrected chi connectivity index (χ3v) is 7.01. The van der Waals surface area contributed by atoms with Crippen LogP contribution in [0, 0.1) is 0 Å². The minimum Gasteiger partial charge on any atom is -0.497 e. The zero-order chi connectivity index (χ0) is 22.2. The molecule has 0 unspecified atom stereocenters. The molecule has 0 spiro atoms. The minimum absolute atomic E-state index is 0.110. The Bertz CT molecular complexity index is 851. The van der Waals surface area contributed by atoms with E-state index in [-0.39, 0.29) is 5.91 Å². The van der Waals surface area contributed by atoms with Crippen molar-refractivity contribution < 1.29 is 9.53 Å². The van der Waals surface area contributed by atoms with E-state index in [0.29, 0.717) is 11.6 Å². The Kier molecular flexibility index (Phi) is 8.05. The van der Waals surface area contributed by atoms with Crippen molar-refractivity contribution in [3.05, 3.63) is 54.1 Å². The number of anilines is 2. The van der Waals surface area contributed by atoms with Gasteiger partial charge in [-0.25, -0.2) is 0 Å². The monoisotopic (exact) mass is 435 g/mol. The number of nitrogens with zero attached hydrogens (tertiary/aromatic N) is 1. The Hall–Kier alpha value is -2.53. The zero-order valence-corrected chi connectivity index (χ0v) is 19.3. The summed E-state index contributed by atoms with van der Waals surface area (Å²) in [6.07, 6.45) is 12.1. The molecule has 2 N–H and O–H groups in total. The summed E-state index contributed by atoms with van der Waals surface area (Å²) in [5, 5.41) is 6.78. The van der Waals surface area contributed by atoms with Crippen LogP contribution in [0.5, 0.6) is 5.75 Å². The first-order valence-corrected chi connectivity index (χ1v) is 12.3. The van der Waals surface area contributed by atoms with Crippen molar-refractivity contribution in [3.8, 4) is 5.75 Å². The van der Waals surface area contributed by atoms with E-state index < -0.39 is 0 Å². The van der Waals surface area contributed by atoms with Crippen LogP contribution in [0.25, 0.3) is 0 Å². The van der Waals surface area contributed by atoms with E-state index in [2.05, 4.69) is 21.6 Å². The van der Waals surface area contributed by atoms with Gasteiger partial charge in [-0.2, -0.15) is 0 Å². The van der Waals surface area contributed by atoms with Crippen molar-refractivity contribution >= 4 is 17.3 Å². The molecule has 5 nitrogen and oxygen atoms in total. The number of carbonyl (C=O) groups excluding carboxylic acids is 1. The van der Waals surface area contributed by atoms with Gasteiger partial charge in [0.15, 0.2) is 0 Å². The molecule has 1 saturated heterocycles. The maximum atomic E-state index is 12.7. The van der Waals surface area contributed by atoms with Gasteiger partial charge in [0.05, 0.1) is 18.5 Å². The molecule has 1 heterocycles. The number of nitrogens with one attached hydrogen (secondary N) is 2. The van der Waals surface area contributed by atoms with Gasteiger partial charge in [-0.1, -0.05) is 44.2 Å². The number of hydrogen-bond donors (Lipinski definition) is 2. The Balaban J connectivity index is 1.32. The van der Waals surface area contributed by atoms with Crippen molar-refractivity contribution in [1.82, 2.24) is 4.90 Å². The number of rotatable bonds is 6. The number of hydrogen-bond acceptors (Lipinski definition) is 4. The molecule has 2 fully saturated rings. The van der Waals surface area contributed by atoms with Crippen LogP contribution in [0.4, 0.5) is 11.4 Å². The van der Waals surface area contributed by atoms with Gasteiger partial charge in [-0.15, -0.1) is 0 Å². The van der Waals surface area contributed by atoms with Gasteiger partial charge in [0.2, 0.25) is 0 Å². The molecule has 1 aliphatic heterocycles. The largest absolute Gasteiger partial charge is 0.497 e. The first-order chi connectivity index (χ1) is 15.7. The molecule has 2 aromatic carbocycles. The van der Waals surface area contributed by atoms with Crippen LogP contribution in [0.2, 0.25) is 0 Å². The van der Waals surface area contributed by atoms with Crippen LogP contribution in [0.15, 0.2) is 48.5 Å². The standard InChI is InChI=1S/C27H37N3O2/c1-32-24-15-13-21(14-16-24)27(31)29-26-12-8-7-11-25(26)28-22-17-19-30(20-18-22)23-9-5-3-2-4-6-10-23/h7-8,11-16,22-23,28H,2-6,9-10,17-20H2,1H3,(H,29,31). The van der Waals surface area contributed by atoms with Crippen LogP contribution in [-0.4, -0.2) is 43.1 Å². The Morgan fingerprint density at radius 1 is 0.844 bits per heavy atom. The number of benzene rings is 2. The number of ether oxygens (including phenoxy) is 1. The normalized spacial score (nSPS) is 19.0. The van der Waals surface area contributed by atoms with Crippen LogP contribution in [0.1, 0.15) is 68.1 Å². The summed E-state index contributed by atoms with van der Waals surface area (Å²) in [6.45, 7) is 2.34. The van der Waals surface area contributed by atoms with E-state index >= 15 is 0 Å². The smallest absolute Gasteiger partial charge is 0.255 e. The first kappa shape index (κ1) is 22.7. The minimum atomic E-state index is -0.110. The van der Waals surface area contributed by atoms with Crippen molar-refractivity contribution in [3.63, 3.8) is 0 Å². The average Bonchev–Trinajstić information content (AvgIpc) is 2.81. The zero-order valence-electron chi connectivity index (χ0n) is 19.3. The highest BCUT2D eigenvalue weighted by molar-refractivity contribution is 6.05. The molecule has 1 saturated carbocycles. The second-order valence-corrected chi connectivity index (χ2v) is 9.18. The van der Waals surface area contributed by atoms with Crippen LogP contribution in [0.3, 0.4) is 0 Å². The lowest BCUT2D eigenvalue weighted by Gasteiger charge is -2.39. The number of piperidine rings is 1. The summed E-state index contributed by atoms with van der Waals surface area (Å²) in [4.78, 5) is 15.5. The van der Waals surface area contributed by atoms with Gasteiger partial charge >= 0.3 is 0 Å². The Labute approximate surface area is 192 Å². The molecule has 32 heavy (non-hydrogen) atoms. The quantitative estimate of drug-likeness (QED) is 0.590. The maximum absolute atomic E-state index is 12.7. The summed E-state index contributed by atoms with van der Waals surface area (Å²) in [6, 6.07) is 16.4. The number of carbonyl (C=O) groups is 1. The van der Waals surface area contributed by atoms with Crippen molar-refractivity contribution in [1.29, 1.82) is 0 Å². The fraction of sp³-hybridized carbons (Fsp3) is 0.519. The van der Waals surface area contributed by atoms with E-state index in [1.165, 1.54) is 58.0 Å². The molecule has 0 atom stereocenters. The molecule has 2 aliphatic rings. The predicted molar refractivity (Wildman–Crippen MR) is 132 cm³/mol. The van der Waals surface area contributed by atoms with Crippen molar-refractivity contribution in [2.75, 3.05) is 30.8 Å². The summed E-state index contributed by atoms with van der Waals surface area (Å²) in [5.74, 6) is 0.635. The lowest BCUT2D eigenvalue weighted by molar-refractivity contribution is 0.102. The summed E-state index contributed by atoms with van der Waals surface area (Å²) in [5.41, 5.74) is 2.45.